The van der Waals surface area contributed by atoms with Crippen molar-refractivity contribution in [2.45, 2.75) is 23.8 Å². The van der Waals surface area contributed by atoms with E-state index in [0.717, 1.165) is 30.9 Å². The smallest absolute Gasteiger partial charge is 0.126 e. The third kappa shape index (κ3) is 4.24. The molecule has 0 amide bonds. The van der Waals surface area contributed by atoms with Crippen LogP contribution in [-0.4, -0.2) is 31.8 Å². The van der Waals surface area contributed by atoms with Crippen molar-refractivity contribution in [1.29, 1.82) is 0 Å². The van der Waals surface area contributed by atoms with Gasteiger partial charge in [-0.1, -0.05) is 12.1 Å². The van der Waals surface area contributed by atoms with E-state index in [9.17, 15) is 0 Å². The predicted molar refractivity (Wildman–Crippen MR) is 95.7 cm³/mol. The summed E-state index contributed by atoms with van der Waals surface area (Å²) in [6.45, 7) is 1.80. The molecule has 2 aliphatic heterocycles. The molecule has 0 aliphatic carbocycles. The summed E-state index contributed by atoms with van der Waals surface area (Å²) in [7, 11) is 1.73. The van der Waals surface area contributed by atoms with E-state index in [1.807, 2.05) is 0 Å². The van der Waals surface area contributed by atoms with Crippen LogP contribution in [0.4, 0.5) is 0 Å². The molecule has 0 spiro atoms. The zero-order chi connectivity index (χ0) is 15.2. The molecular weight excluding hydrogens is 312 g/mol. The van der Waals surface area contributed by atoms with E-state index in [2.05, 4.69) is 53.9 Å². The van der Waals surface area contributed by atoms with E-state index >= 15 is 0 Å². The molecule has 1 atom stereocenters. The number of hydrogen-bond donors (Lipinski definition) is 0. The maximum Gasteiger partial charge on any atom is 0.126 e. The van der Waals surface area contributed by atoms with Crippen LogP contribution in [0.15, 0.2) is 24.3 Å². The fourth-order valence-electron chi connectivity index (χ4n) is 2.77. The Kier molecular flexibility index (Phi) is 6.16. The van der Waals surface area contributed by atoms with E-state index in [4.69, 9.17) is 9.47 Å². The maximum absolute atomic E-state index is 5.49. The Labute approximate surface area is 142 Å². The van der Waals surface area contributed by atoms with Gasteiger partial charge in [0.2, 0.25) is 0 Å². The molecule has 3 rings (SSSR count). The lowest BCUT2D eigenvalue weighted by Gasteiger charge is -2.22. The van der Waals surface area contributed by atoms with E-state index in [-0.39, 0.29) is 0 Å². The summed E-state index contributed by atoms with van der Waals surface area (Å²) >= 11 is 4.10. The third-order valence-electron chi connectivity index (χ3n) is 4.06. The summed E-state index contributed by atoms with van der Waals surface area (Å²) in [6, 6.07) is 6.53. The topological polar surface area (TPSA) is 18.5 Å². The molecule has 4 heteroatoms. The van der Waals surface area contributed by atoms with Crippen molar-refractivity contribution in [1.82, 2.24) is 0 Å². The number of ether oxygens (including phenoxy) is 2. The van der Waals surface area contributed by atoms with Gasteiger partial charge in [-0.2, -0.15) is 0 Å². The lowest BCUT2D eigenvalue weighted by atomic mass is 10.0. The van der Waals surface area contributed by atoms with Gasteiger partial charge in [0.1, 0.15) is 5.75 Å². The normalized spacial score (nSPS) is 23.2. The summed E-state index contributed by atoms with van der Waals surface area (Å²) in [5.41, 5.74) is 2.46. The highest BCUT2D eigenvalue weighted by molar-refractivity contribution is 8.16. The Morgan fingerprint density at radius 2 is 2.23 bits per heavy atom. The SMILES string of the molecule is COc1ccc(C2SCCCS2)cc1[C]=CC[C@@H]1CCOC1. The van der Waals surface area contributed by atoms with Gasteiger partial charge in [-0.3, -0.25) is 0 Å². The Morgan fingerprint density at radius 1 is 1.36 bits per heavy atom. The molecule has 2 aliphatic rings. The van der Waals surface area contributed by atoms with Gasteiger partial charge >= 0.3 is 0 Å². The van der Waals surface area contributed by atoms with Gasteiger partial charge in [-0.15, -0.1) is 23.5 Å². The van der Waals surface area contributed by atoms with Crippen LogP contribution in [0.5, 0.6) is 5.75 Å². The molecule has 0 aromatic heterocycles. The summed E-state index contributed by atoms with van der Waals surface area (Å²) in [4.78, 5) is 0. The van der Waals surface area contributed by atoms with Gasteiger partial charge < -0.3 is 9.47 Å². The van der Waals surface area contributed by atoms with Gasteiger partial charge in [0.25, 0.3) is 0 Å². The molecule has 0 N–H and O–H groups in total. The van der Waals surface area contributed by atoms with Crippen molar-refractivity contribution < 1.29 is 9.47 Å². The van der Waals surface area contributed by atoms with Crippen LogP contribution in [0.25, 0.3) is 0 Å². The first-order chi connectivity index (χ1) is 10.9. The van der Waals surface area contributed by atoms with Crippen molar-refractivity contribution in [2.24, 2.45) is 5.92 Å². The Morgan fingerprint density at radius 3 is 2.95 bits per heavy atom. The first-order valence-corrected chi connectivity index (χ1v) is 10.0. The second-order valence-corrected chi connectivity index (χ2v) is 8.42. The van der Waals surface area contributed by atoms with Crippen molar-refractivity contribution >= 4 is 23.5 Å². The number of benzene rings is 1. The van der Waals surface area contributed by atoms with Crippen LogP contribution >= 0.6 is 23.5 Å². The van der Waals surface area contributed by atoms with Crippen molar-refractivity contribution in [3.8, 4) is 5.75 Å². The molecule has 2 saturated heterocycles. The van der Waals surface area contributed by atoms with Crippen LogP contribution in [0, 0.1) is 12.0 Å². The van der Waals surface area contributed by atoms with Gasteiger partial charge in [0.05, 0.1) is 11.7 Å². The summed E-state index contributed by atoms with van der Waals surface area (Å²) < 4.78 is 11.5. The highest BCUT2D eigenvalue weighted by Gasteiger charge is 2.18. The van der Waals surface area contributed by atoms with E-state index in [1.165, 1.54) is 29.9 Å². The van der Waals surface area contributed by atoms with E-state index in [0.29, 0.717) is 10.5 Å². The quantitative estimate of drug-likeness (QED) is 0.776. The third-order valence-corrected chi connectivity index (χ3v) is 7.07. The average molecular weight is 336 g/mol. The number of rotatable bonds is 5. The maximum atomic E-state index is 5.49. The van der Waals surface area contributed by atoms with Gasteiger partial charge in [-0.25, -0.2) is 0 Å². The minimum absolute atomic E-state index is 0.559. The first kappa shape index (κ1) is 16.3. The molecule has 1 radical (unpaired) electrons. The highest BCUT2D eigenvalue weighted by atomic mass is 32.2. The van der Waals surface area contributed by atoms with Gasteiger partial charge in [0.15, 0.2) is 0 Å². The second-order valence-electron chi connectivity index (χ2n) is 5.70. The second kappa shape index (κ2) is 8.32. The zero-order valence-corrected chi connectivity index (χ0v) is 14.7. The number of thioether (sulfide) groups is 2. The molecule has 22 heavy (non-hydrogen) atoms. The van der Waals surface area contributed by atoms with E-state index in [1.54, 1.807) is 7.11 Å². The fourth-order valence-corrected chi connectivity index (χ4v) is 5.64. The molecule has 119 valence electrons. The largest absolute Gasteiger partial charge is 0.496 e. The molecule has 0 bridgehead atoms. The first-order valence-electron chi connectivity index (χ1n) is 7.94. The van der Waals surface area contributed by atoms with Crippen LogP contribution in [0.3, 0.4) is 0 Å². The van der Waals surface area contributed by atoms with Crippen LogP contribution in [0.1, 0.15) is 35.0 Å². The molecular formula is C18H23O2S2. The van der Waals surface area contributed by atoms with E-state index < -0.39 is 0 Å². The molecule has 2 fully saturated rings. The minimum Gasteiger partial charge on any atom is -0.496 e. The Hall–Kier alpha value is -0.580. The van der Waals surface area contributed by atoms with Crippen molar-refractivity contribution in [2.75, 3.05) is 31.8 Å². The van der Waals surface area contributed by atoms with Gasteiger partial charge in [0, 0.05) is 18.8 Å². The summed E-state index contributed by atoms with van der Waals surface area (Å²) in [5.74, 6) is 4.10. The minimum atomic E-state index is 0.559. The molecule has 1 aromatic rings. The van der Waals surface area contributed by atoms with Crippen molar-refractivity contribution in [3.63, 3.8) is 0 Å². The standard InChI is InChI=1S/C18H23O2S2/c1-19-17-7-6-16(18-21-10-3-11-22-18)12-15(17)5-2-4-14-8-9-20-13-14/h2,6-7,12,14,18H,3-4,8-11,13H2,1H3/t14-/m1/s1. The lowest BCUT2D eigenvalue weighted by molar-refractivity contribution is 0.186. The highest BCUT2D eigenvalue weighted by Crippen LogP contribution is 2.44. The van der Waals surface area contributed by atoms with Gasteiger partial charge in [-0.05, 0) is 60.5 Å². The molecule has 2 nitrogen and oxygen atoms in total. The zero-order valence-electron chi connectivity index (χ0n) is 13.0. The number of allylic oxidation sites excluding steroid dienone is 1. The molecule has 1 aromatic carbocycles. The van der Waals surface area contributed by atoms with Crippen LogP contribution in [0.2, 0.25) is 0 Å². The number of hydrogen-bond acceptors (Lipinski definition) is 4. The fraction of sp³-hybridized carbons (Fsp3) is 0.556. The van der Waals surface area contributed by atoms with Crippen LogP contribution in [-0.2, 0) is 4.74 Å². The molecule has 0 unspecified atom stereocenters. The van der Waals surface area contributed by atoms with Crippen LogP contribution < -0.4 is 4.74 Å². The molecule has 2 heterocycles. The predicted octanol–water partition coefficient (Wildman–Crippen LogP) is 4.70. The van der Waals surface area contributed by atoms with Crippen molar-refractivity contribution in [3.05, 3.63) is 41.5 Å². The summed E-state index contributed by atoms with van der Waals surface area (Å²) in [5, 5.41) is 0. The lowest BCUT2D eigenvalue weighted by Crippen LogP contribution is -2.01. The monoisotopic (exact) mass is 335 g/mol. The Bertz CT molecular complexity index is 504. The Balaban J connectivity index is 1.70. The molecule has 0 saturated carbocycles. The summed E-state index contributed by atoms with van der Waals surface area (Å²) in [6.07, 6.45) is 9.14. The number of methoxy groups -OCH3 is 1. The average Bonchev–Trinajstić information content (AvgIpc) is 3.09.